The lowest BCUT2D eigenvalue weighted by Crippen LogP contribution is -2.55. The quantitative estimate of drug-likeness (QED) is 0.678. The molecule has 1 saturated heterocycles. The number of piperidine rings is 1. The third-order valence-electron chi connectivity index (χ3n) is 4.78. The number of hydrogen-bond donors (Lipinski definition) is 3. The molecule has 2 atom stereocenters. The fourth-order valence-electron chi connectivity index (χ4n) is 3.22. The summed E-state index contributed by atoms with van der Waals surface area (Å²) in [4.78, 5) is 32.9. The minimum Gasteiger partial charge on any atom is -0.478 e. The van der Waals surface area contributed by atoms with Gasteiger partial charge in [-0.3, -0.25) is 4.79 Å². The van der Waals surface area contributed by atoms with E-state index in [2.05, 4.69) is 15.3 Å². The summed E-state index contributed by atoms with van der Waals surface area (Å²) in [6.07, 6.45) is 1.75. The number of rotatable bonds is 5. The van der Waals surface area contributed by atoms with E-state index in [1.165, 1.54) is 18.3 Å². The van der Waals surface area contributed by atoms with Crippen molar-refractivity contribution in [2.24, 2.45) is 0 Å². The Morgan fingerprint density at radius 3 is 2.75 bits per heavy atom. The van der Waals surface area contributed by atoms with Gasteiger partial charge in [0.1, 0.15) is 11.5 Å². The van der Waals surface area contributed by atoms with Gasteiger partial charge in [-0.05, 0) is 25.5 Å². The first-order valence-corrected chi connectivity index (χ1v) is 9.39. The van der Waals surface area contributed by atoms with Crippen LogP contribution in [0.1, 0.15) is 33.0 Å². The van der Waals surface area contributed by atoms with Crippen molar-refractivity contribution in [2.45, 2.75) is 25.5 Å². The molecule has 0 radical (unpaired) electrons. The van der Waals surface area contributed by atoms with Gasteiger partial charge in [-0.15, -0.1) is 0 Å². The molecular formula is C18H20Cl2N4O4. The molecule has 1 fully saturated rings. The van der Waals surface area contributed by atoms with E-state index in [0.29, 0.717) is 36.0 Å². The molecule has 28 heavy (non-hydrogen) atoms. The summed E-state index contributed by atoms with van der Waals surface area (Å²) < 4.78 is 5.56. The lowest BCUT2D eigenvalue weighted by Gasteiger charge is -2.38. The number of carbonyl (C=O) groups is 2. The summed E-state index contributed by atoms with van der Waals surface area (Å²) in [5.41, 5.74) is 1.01. The Hall–Kier alpha value is -2.29. The Labute approximate surface area is 171 Å². The molecule has 2 aromatic heterocycles. The third kappa shape index (κ3) is 4.09. The zero-order valence-corrected chi connectivity index (χ0v) is 16.8. The van der Waals surface area contributed by atoms with Gasteiger partial charge in [-0.25, -0.2) is 9.78 Å². The maximum atomic E-state index is 12.6. The van der Waals surface area contributed by atoms with Crippen molar-refractivity contribution in [1.82, 2.24) is 15.3 Å². The van der Waals surface area contributed by atoms with Crippen LogP contribution in [0.5, 0.6) is 0 Å². The van der Waals surface area contributed by atoms with Crippen LogP contribution in [-0.2, 0) is 4.74 Å². The number of methoxy groups -OCH3 is 1. The number of amides is 1. The predicted octanol–water partition coefficient (Wildman–Crippen LogP) is 2.75. The van der Waals surface area contributed by atoms with Crippen LogP contribution in [0.15, 0.2) is 18.3 Å². The maximum Gasteiger partial charge on any atom is 0.335 e. The minimum atomic E-state index is -1.01. The lowest BCUT2D eigenvalue weighted by molar-refractivity contribution is 0.0538. The fraction of sp³-hybridized carbons (Fsp3) is 0.389. The molecule has 0 aromatic carbocycles. The van der Waals surface area contributed by atoms with Gasteiger partial charge in [0, 0.05) is 32.1 Å². The van der Waals surface area contributed by atoms with E-state index >= 15 is 0 Å². The molecule has 1 unspecified atom stereocenters. The van der Waals surface area contributed by atoms with Crippen molar-refractivity contribution in [3.05, 3.63) is 45.3 Å². The summed E-state index contributed by atoms with van der Waals surface area (Å²) in [5, 5.41) is 12.6. The van der Waals surface area contributed by atoms with Gasteiger partial charge < -0.3 is 25.0 Å². The Morgan fingerprint density at radius 1 is 1.39 bits per heavy atom. The standard InChI is InChI=1S/C18H20Cl2N4O4/c1-9-14(19)15(20)16(22-9)17(25)23-11-4-6-24(8-12(11)28-2)13-7-10(18(26)27)3-5-21-13/h3,5,7,11-12,22H,4,6,8H2,1-2H3,(H,23,25)(H,26,27)/t11?,12-/m0/s1. The topological polar surface area (TPSA) is 108 Å². The molecule has 1 amide bonds. The van der Waals surface area contributed by atoms with Crippen molar-refractivity contribution in [1.29, 1.82) is 0 Å². The maximum absolute atomic E-state index is 12.6. The van der Waals surface area contributed by atoms with Crippen LogP contribution in [0.4, 0.5) is 5.82 Å². The van der Waals surface area contributed by atoms with Crippen molar-refractivity contribution in [3.8, 4) is 0 Å². The Balaban J connectivity index is 1.71. The number of aromatic amines is 1. The molecule has 3 rings (SSSR count). The normalized spacial score (nSPS) is 19.5. The number of anilines is 1. The molecule has 0 saturated carbocycles. The molecule has 0 bridgehead atoms. The van der Waals surface area contributed by atoms with Gasteiger partial charge in [0.25, 0.3) is 5.91 Å². The molecule has 3 N–H and O–H groups in total. The van der Waals surface area contributed by atoms with E-state index in [1.54, 1.807) is 14.0 Å². The number of carboxylic acids is 1. The van der Waals surface area contributed by atoms with Gasteiger partial charge in [-0.2, -0.15) is 0 Å². The fourth-order valence-corrected chi connectivity index (χ4v) is 3.64. The molecule has 150 valence electrons. The zero-order valence-electron chi connectivity index (χ0n) is 15.3. The number of pyridine rings is 1. The zero-order chi connectivity index (χ0) is 20.4. The number of carboxylic acid groups (broad SMARTS) is 1. The van der Waals surface area contributed by atoms with E-state index in [-0.39, 0.29) is 34.3 Å². The largest absolute Gasteiger partial charge is 0.478 e. The van der Waals surface area contributed by atoms with Crippen LogP contribution < -0.4 is 10.2 Å². The van der Waals surface area contributed by atoms with Crippen LogP contribution in [0.25, 0.3) is 0 Å². The molecule has 0 spiro atoms. The van der Waals surface area contributed by atoms with E-state index in [1.807, 2.05) is 4.90 Å². The number of aryl methyl sites for hydroxylation is 1. The van der Waals surface area contributed by atoms with Crippen LogP contribution in [-0.4, -0.2) is 59.3 Å². The first-order valence-electron chi connectivity index (χ1n) is 8.63. The Kier molecular flexibility index (Phi) is 6.12. The monoisotopic (exact) mass is 426 g/mol. The molecule has 3 heterocycles. The van der Waals surface area contributed by atoms with Gasteiger partial charge >= 0.3 is 5.97 Å². The molecule has 1 aliphatic rings. The predicted molar refractivity (Wildman–Crippen MR) is 106 cm³/mol. The summed E-state index contributed by atoms with van der Waals surface area (Å²) in [5.74, 6) is -0.807. The van der Waals surface area contributed by atoms with Gasteiger partial charge in [0.15, 0.2) is 0 Å². The SMILES string of the molecule is CO[C@H]1CN(c2cc(C(=O)O)ccn2)CCC1NC(=O)c1[nH]c(C)c(Cl)c1Cl. The van der Waals surface area contributed by atoms with Crippen molar-refractivity contribution in [3.63, 3.8) is 0 Å². The second-order valence-electron chi connectivity index (χ2n) is 6.55. The number of hydrogen-bond acceptors (Lipinski definition) is 5. The number of nitrogens with zero attached hydrogens (tertiary/aromatic N) is 2. The van der Waals surface area contributed by atoms with E-state index in [9.17, 15) is 9.59 Å². The van der Waals surface area contributed by atoms with Crippen LogP contribution in [0.3, 0.4) is 0 Å². The van der Waals surface area contributed by atoms with Crippen molar-refractivity contribution < 1.29 is 19.4 Å². The van der Waals surface area contributed by atoms with Gasteiger partial charge in [0.2, 0.25) is 0 Å². The molecule has 10 heteroatoms. The van der Waals surface area contributed by atoms with E-state index in [0.717, 1.165) is 0 Å². The highest BCUT2D eigenvalue weighted by Crippen LogP contribution is 2.29. The highest BCUT2D eigenvalue weighted by molar-refractivity contribution is 6.44. The third-order valence-corrected chi connectivity index (χ3v) is 5.72. The molecule has 8 nitrogen and oxygen atoms in total. The molecule has 2 aromatic rings. The van der Waals surface area contributed by atoms with E-state index in [4.69, 9.17) is 33.0 Å². The number of ether oxygens (including phenoxy) is 1. The molecular weight excluding hydrogens is 407 g/mol. The highest BCUT2D eigenvalue weighted by Gasteiger charge is 2.32. The lowest BCUT2D eigenvalue weighted by atomic mass is 10.0. The Bertz CT molecular complexity index is 902. The summed E-state index contributed by atoms with van der Waals surface area (Å²) in [6.45, 7) is 2.77. The van der Waals surface area contributed by atoms with Gasteiger partial charge in [-0.1, -0.05) is 23.2 Å². The number of H-pyrrole nitrogens is 1. The van der Waals surface area contributed by atoms with Gasteiger partial charge in [0.05, 0.1) is 27.8 Å². The van der Waals surface area contributed by atoms with E-state index < -0.39 is 5.97 Å². The molecule has 1 aliphatic heterocycles. The summed E-state index contributed by atoms with van der Waals surface area (Å²) in [6, 6.07) is 2.73. The Morgan fingerprint density at radius 2 is 2.14 bits per heavy atom. The second-order valence-corrected chi connectivity index (χ2v) is 7.31. The van der Waals surface area contributed by atoms with Crippen molar-refractivity contribution in [2.75, 3.05) is 25.1 Å². The van der Waals surface area contributed by atoms with Crippen molar-refractivity contribution >= 4 is 40.9 Å². The highest BCUT2D eigenvalue weighted by atomic mass is 35.5. The number of aromatic nitrogens is 2. The average molecular weight is 427 g/mol. The second kappa shape index (κ2) is 8.38. The smallest absolute Gasteiger partial charge is 0.335 e. The first kappa shape index (κ1) is 20.4. The molecule has 0 aliphatic carbocycles. The minimum absolute atomic E-state index is 0.169. The van der Waals surface area contributed by atoms with Crippen LogP contribution in [0, 0.1) is 6.92 Å². The van der Waals surface area contributed by atoms with Crippen LogP contribution >= 0.6 is 23.2 Å². The summed E-state index contributed by atoms with van der Waals surface area (Å²) >= 11 is 12.2. The van der Waals surface area contributed by atoms with Crippen LogP contribution in [0.2, 0.25) is 10.0 Å². The average Bonchev–Trinajstić information content (AvgIpc) is 2.95. The number of carbonyl (C=O) groups excluding carboxylic acids is 1. The number of halogens is 2. The number of nitrogens with one attached hydrogen (secondary N) is 2. The first-order chi connectivity index (χ1) is 13.3. The number of aromatic carboxylic acids is 1. The summed E-state index contributed by atoms with van der Waals surface area (Å²) in [7, 11) is 1.57.